The van der Waals surface area contributed by atoms with Crippen LogP contribution in [0.15, 0.2) is 0 Å². The summed E-state index contributed by atoms with van der Waals surface area (Å²) in [6, 6.07) is 0. The minimum atomic E-state index is -4.67. The summed E-state index contributed by atoms with van der Waals surface area (Å²) in [4.78, 5) is 0. The maximum atomic E-state index is 8.74. The molecule has 0 radical (unpaired) electrons. The van der Waals surface area contributed by atoms with Crippen molar-refractivity contribution in [3.8, 4) is 0 Å². The third-order valence-electron chi connectivity index (χ3n) is 0. The number of rotatable bonds is 0. The number of hydrogen-bond donors (Lipinski definition) is 4. The molecule has 0 atom stereocenters. The average molecular weight is 226 g/mol. The van der Waals surface area contributed by atoms with Crippen LogP contribution < -0.4 is 0 Å². The molecule has 11 heavy (non-hydrogen) atoms. The lowest BCUT2D eigenvalue weighted by atomic mass is 15.8. The normalized spacial score (nSPS) is 10.5. The van der Waals surface area contributed by atoms with Crippen LogP contribution in [0.5, 0.6) is 0 Å². The van der Waals surface area contributed by atoms with Crippen LogP contribution in [0.4, 0.5) is 0 Å². The highest BCUT2D eigenvalue weighted by Crippen LogP contribution is 1.59. The van der Waals surface area contributed by atoms with Crippen molar-refractivity contribution in [3.05, 3.63) is 0 Å². The lowest BCUT2D eigenvalue weighted by molar-refractivity contribution is 0.378. The van der Waals surface area contributed by atoms with Crippen molar-refractivity contribution in [3.63, 3.8) is 0 Å². The molecule has 0 spiro atoms. The van der Waals surface area contributed by atoms with Crippen molar-refractivity contribution in [1.82, 2.24) is 0 Å². The van der Waals surface area contributed by atoms with Crippen molar-refractivity contribution >= 4 is 38.2 Å². The molecule has 0 fully saturated rings. The molecule has 0 aromatic heterocycles. The molecular weight excluding hydrogens is 219 g/mol. The van der Waals surface area contributed by atoms with Gasteiger partial charge in [-0.3, -0.25) is 18.2 Å². The summed E-state index contributed by atoms with van der Waals surface area (Å²) in [7, 11) is -9.33. The monoisotopic (exact) mass is 226 g/mol. The van der Waals surface area contributed by atoms with E-state index < -0.39 is 20.8 Å². The van der Waals surface area contributed by atoms with Gasteiger partial charge in [-0.25, -0.2) is 0 Å². The first-order valence-electron chi connectivity index (χ1n) is 1.40. The highest BCUT2D eigenvalue weighted by atomic mass is 32.3. The van der Waals surface area contributed by atoms with Gasteiger partial charge in [0, 0.05) is 0 Å². The Balaban J connectivity index is -0.000000107. The van der Waals surface area contributed by atoms with E-state index in [0.29, 0.717) is 0 Å². The maximum Gasteiger partial charge on any atom is 0.394 e. The largest absolute Gasteiger partial charge is 0.394 e. The van der Waals surface area contributed by atoms with E-state index in [1.165, 1.54) is 0 Å². The summed E-state index contributed by atoms with van der Waals surface area (Å²) in [6.07, 6.45) is 0. The van der Waals surface area contributed by atoms with Gasteiger partial charge in [-0.05, 0) is 0 Å². The van der Waals surface area contributed by atoms with Crippen LogP contribution in [0, 0.1) is 0 Å². The zero-order valence-corrected chi connectivity index (χ0v) is 5.87. The summed E-state index contributed by atoms with van der Waals surface area (Å²) in [5.41, 5.74) is 0. The Labute approximate surface area is 73.5 Å². The maximum absolute atomic E-state index is 8.74. The fraction of sp³-hybridized carbons (Fsp3) is 0. The van der Waals surface area contributed by atoms with E-state index in [4.69, 9.17) is 35.0 Å². The van der Waals surface area contributed by atoms with Crippen LogP contribution in [0.3, 0.4) is 0 Å². The van der Waals surface area contributed by atoms with Gasteiger partial charge in [0.25, 0.3) is 0 Å². The predicted molar refractivity (Wildman–Crippen MR) is 38.3 cm³/mol. The van der Waals surface area contributed by atoms with Crippen LogP contribution in [-0.2, 0) is 20.8 Å². The fourth-order valence-electron chi connectivity index (χ4n) is 0. The van der Waals surface area contributed by atoms with Gasteiger partial charge in [-0.1, -0.05) is 0 Å². The van der Waals surface area contributed by atoms with Crippen LogP contribution >= 0.6 is 0 Å². The molecule has 4 N–H and O–H groups in total. The SMILES string of the molecule is O=S(=O)(O)O.O=S(=O)(O)O.[AlH3]. The minimum absolute atomic E-state index is 0. The molecule has 0 heterocycles. The van der Waals surface area contributed by atoms with Crippen molar-refractivity contribution in [2.45, 2.75) is 0 Å². The summed E-state index contributed by atoms with van der Waals surface area (Å²) in [5.74, 6) is 0. The first-order chi connectivity index (χ1) is 4.00. The molecule has 0 aliphatic heterocycles. The zero-order chi connectivity index (χ0) is 9.00. The van der Waals surface area contributed by atoms with Crippen molar-refractivity contribution in [1.29, 1.82) is 0 Å². The Morgan fingerprint density at radius 1 is 0.636 bits per heavy atom. The van der Waals surface area contributed by atoms with Crippen LogP contribution in [0.1, 0.15) is 0 Å². The smallest absolute Gasteiger partial charge is 0.264 e. The van der Waals surface area contributed by atoms with Crippen molar-refractivity contribution in [2.24, 2.45) is 0 Å². The molecule has 0 saturated heterocycles. The van der Waals surface area contributed by atoms with Crippen molar-refractivity contribution in [2.75, 3.05) is 0 Å². The second-order valence-electron chi connectivity index (χ2n) is 0.896. The molecule has 8 nitrogen and oxygen atoms in total. The van der Waals surface area contributed by atoms with E-state index in [9.17, 15) is 0 Å². The van der Waals surface area contributed by atoms with E-state index in [0.717, 1.165) is 0 Å². The van der Waals surface area contributed by atoms with E-state index in [-0.39, 0.29) is 17.4 Å². The molecule has 0 aromatic carbocycles. The minimum Gasteiger partial charge on any atom is -0.264 e. The Hall–Kier alpha value is 0.272. The Morgan fingerprint density at radius 3 is 0.636 bits per heavy atom. The topological polar surface area (TPSA) is 149 Å². The summed E-state index contributed by atoms with van der Waals surface area (Å²) < 4.78 is 63.2. The average Bonchev–Trinajstić information content (AvgIpc) is 1.12. The summed E-state index contributed by atoms with van der Waals surface area (Å²) >= 11 is 0. The van der Waals surface area contributed by atoms with Gasteiger partial charge in [0.15, 0.2) is 17.4 Å². The van der Waals surface area contributed by atoms with E-state index >= 15 is 0 Å². The van der Waals surface area contributed by atoms with Gasteiger partial charge in [0.2, 0.25) is 0 Å². The summed E-state index contributed by atoms with van der Waals surface area (Å²) in [5, 5.41) is 0. The molecular formula is H7AlO8S2. The van der Waals surface area contributed by atoms with Gasteiger partial charge in [-0.15, -0.1) is 0 Å². The van der Waals surface area contributed by atoms with Crippen molar-refractivity contribution < 1.29 is 35.0 Å². The standard InChI is InChI=1S/Al.2H2O4S.3H/c;2*1-5(2,3)4;;;/h;2*(H2,1,2,3,4);;;. The Kier molecular flexibility index (Phi) is 9.27. The third-order valence-corrected chi connectivity index (χ3v) is 0. The highest BCUT2D eigenvalue weighted by molar-refractivity contribution is 7.80. The second-order valence-corrected chi connectivity index (χ2v) is 2.69. The number of hydrogen-bond acceptors (Lipinski definition) is 4. The van der Waals surface area contributed by atoms with E-state index in [1.807, 2.05) is 0 Å². The predicted octanol–water partition coefficient (Wildman–Crippen LogP) is -2.49. The molecule has 0 aliphatic rings. The molecule has 0 bridgehead atoms. The lowest BCUT2D eigenvalue weighted by Crippen LogP contribution is -1.89. The Morgan fingerprint density at radius 2 is 0.636 bits per heavy atom. The summed E-state index contributed by atoms with van der Waals surface area (Å²) in [6.45, 7) is 0. The quantitative estimate of drug-likeness (QED) is 0.262. The zero-order valence-electron chi connectivity index (χ0n) is 4.24. The van der Waals surface area contributed by atoms with Gasteiger partial charge < -0.3 is 0 Å². The lowest BCUT2D eigenvalue weighted by Gasteiger charge is -1.68. The fourth-order valence-corrected chi connectivity index (χ4v) is 0. The highest BCUT2D eigenvalue weighted by Gasteiger charge is 1.85. The van der Waals surface area contributed by atoms with E-state index in [2.05, 4.69) is 0 Å². The molecule has 0 aliphatic carbocycles. The van der Waals surface area contributed by atoms with Gasteiger partial charge in [0.05, 0.1) is 0 Å². The molecule has 0 saturated carbocycles. The molecule has 70 valence electrons. The Bertz CT molecular complexity index is 208. The van der Waals surface area contributed by atoms with Crippen LogP contribution in [0.2, 0.25) is 0 Å². The first kappa shape index (κ1) is 17.4. The second kappa shape index (κ2) is 5.86. The molecule has 0 rings (SSSR count). The van der Waals surface area contributed by atoms with Gasteiger partial charge in [-0.2, -0.15) is 16.8 Å². The molecule has 0 aromatic rings. The van der Waals surface area contributed by atoms with E-state index in [1.54, 1.807) is 0 Å². The van der Waals surface area contributed by atoms with Crippen LogP contribution in [-0.4, -0.2) is 52.4 Å². The molecule has 0 unspecified atom stereocenters. The molecule has 0 amide bonds. The van der Waals surface area contributed by atoms with Crippen LogP contribution in [0.25, 0.3) is 0 Å². The van der Waals surface area contributed by atoms with Gasteiger partial charge >= 0.3 is 20.8 Å². The van der Waals surface area contributed by atoms with Gasteiger partial charge in [0.1, 0.15) is 0 Å². The first-order valence-corrected chi connectivity index (χ1v) is 4.19. The molecule has 11 heteroatoms. The third kappa shape index (κ3) is 9470.